The van der Waals surface area contributed by atoms with Gasteiger partial charge in [0.25, 0.3) is 0 Å². The molecular weight excluding hydrogens is 909 g/mol. The minimum absolute atomic E-state index is 0.0131. The maximum absolute atomic E-state index is 16.1. The zero-order chi connectivity index (χ0) is 48.1. The number of nitrogens with one attached hydrogen (secondary N) is 1. The Morgan fingerprint density at radius 3 is 1.95 bits per heavy atom. The van der Waals surface area contributed by atoms with E-state index in [1.165, 1.54) is 55.6 Å². The largest absolute Gasteiger partial charge is 0.511 e. The fourth-order valence-corrected chi connectivity index (χ4v) is 8.15. The van der Waals surface area contributed by atoms with E-state index in [1.54, 1.807) is 7.11 Å². The summed E-state index contributed by atoms with van der Waals surface area (Å²) in [6, 6.07) is 14.7. The van der Waals surface area contributed by atoms with E-state index >= 15 is 8.78 Å². The molecule has 19 heteroatoms. The fourth-order valence-electron chi connectivity index (χ4n) is 7.81. The van der Waals surface area contributed by atoms with Crippen molar-refractivity contribution in [2.24, 2.45) is 17.3 Å². The van der Waals surface area contributed by atoms with E-state index in [0.717, 1.165) is 6.07 Å². The van der Waals surface area contributed by atoms with Gasteiger partial charge in [0.05, 0.1) is 108 Å². The molecule has 0 saturated heterocycles. The first-order valence-electron chi connectivity index (χ1n) is 21.3. The normalized spacial score (nSPS) is 18.1. The molecule has 3 aromatic rings. The molecule has 362 valence electrons. The van der Waals surface area contributed by atoms with Crippen LogP contribution in [0.1, 0.15) is 61.0 Å². The molecule has 15 nitrogen and oxygen atoms in total. The number of halogens is 4. The molecule has 1 saturated carbocycles. The number of hydrogen-bond donors (Lipinski definition) is 1. The lowest BCUT2D eigenvalue weighted by atomic mass is 9.62. The molecule has 1 aliphatic carbocycles. The highest BCUT2D eigenvalue weighted by molar-refractivity contribution is 6.31. The molecule has 0 aliphatic heterocycles. The Hall–Kier alpha value is -4.64. The van der Waals surface area contributed by atoms with Crippen LogP contribution >= 0.6 is 23.2 Å². The standard InChI is InChI=1S/C47H58Cl2F2N2O13/c1-46(2,3)28-32-26-35(41(34-7-6-8-37(49)42(34)51)47(32,29-52)36-11-10-33(48)27-38(36)50)43(54)53-39-12-9-31(25-40(39)58-5)44(55)65-30-66-45(56)64-24-23-63-22-21-62-20-19-61-18-17-60-16-15-59-14-13-57-4/h6-12,25,27,32,35,41H,13-24,26,28,30H2,1-5H3,(H,53,54)/t32-,35+,41-,47+/m0/s1. The number of nitrogens with zero attached hydrogens (tertiary/aromatic N) is 1. The number of carbonyl (C=O) groups is 3. The molecule has 1 amide bonds. The van der Waals surface area contributed by atoms with Gasteiger partial charge in [0.1, 0.15) is 24.0 Å². The second-order valence-corrected chi connectivity index (χ2v) is 17.1. The molecule has 1 aliphatic rings. The van der Waals surface area contributed by atoms with E-state index in [2.05, 4.69) is 11.4 Å². The number of amides is 1. The van der Waals surface area contributed by atoms with Gasteiger partial charge in [0.15, 0.2) is 0 Å². The number of carbonyl (C=O) groups excluding carboxylic acids is 3. The lowest BCUT2D eigenvalue weighted by Gasteiger charge is -2.38. The zero-order valence-electron chi connectivity index (χ0n) is 37.8. The lowest BCUT2D eigenvalue weighted by Crippen LogP contribution is -2.39. The molecule has 0 aromatic heterocycles. The van der Waals surface area contributed by atoms with Crippen LogP contribution in [0.3, 0.4) is 0 Å². The summed E-state index contributed by atoms with van der Waals surface area (Å²) in [6.07, 6.45) is -0.639. The number of anilines is 1. The summed E-state index contributed by atoms with van der Waals surface area (Å²) in [5.74, 6) is -5.96. The van der Waals surface area contributed by atoms with Gasteiger partial charge in [0.2, 0.25) is 12.7 Å². The summed E-state index contributed by atoms with van der Waals surface area (Å²) in [6.45, 7) is 9.29. The number of esters is 1. The Bertz CT molecular complexity index is 2090. The first kappa shape index (κ1) is 54.0. The van der Waals surface area contributed by atoms with Crippen LogP contribution < -0.4 is 10.1 Å². The van der Waals surface area contributed by atoms with Crippen molar-refractivity contribution in [1.82, 2.24) is 0 Å². The molecule has 4 atom stereocenters. The highest BCUT2D eigenvalue weighted by Crippen LogP contribution is 2.61. The summed E-state index contributed by atoms with van der Waals surface area (Å²) in [5, 5.41) is 13.9. The number of ether oxygens (including phenoxy) is 10. The maximum atomic E-state index is 16.1. The predicted octanol–water partition coefficient (Wildman–Crippen LogP) is 8.53. The van der Waals surface area contributed by atoms with Gasteiger partial charge in [-0.2, -0.15) is 5.26 Å². The second-order valence-electron chi connectivity index (χ2n) is 16.3. The number of nitriles is 1. The van der Waals surface area contributed by atoms with E-state index < -0.39 is 65.0 Å². The topological polar surface area (TPSA) is 179 Å². The molecule has 0 unspecified atom stereocenters. The molecular formula is C47H58Cl2F2N2O13. The van der Waals surface area contributed by atoms with Gasteiger partial charge in [-0.15, -0.1) is 0 Å². The summed E-state index contributed by atoms with van der Waals surface area (Å²) in [7, 11) is 2.93. The van der Waals surface area contributed by atoms with Crippen molar-refractivity contribution in [3.63, 3.8) is 0 Å². The van der Waals surface area contributed by atoms with Gasteiger partial charge in [-0.25, -0.2) is 18.4 Å². The van der Waals surface area contributed by atoms with Crippen molar-refractivity contribution in [1.29, 1.82) is 5.26 Å². The molecule has 0 heterocycles. The minimum atomic E-state index is -1.74. The lowest BCUT2D eigenvalue weighted by molar-refractivity contribution is -0.120. The molecule has 1 fully saturated rings. The smallest absolute Gasteiger partial charge is 0.495 e. The van der Waals surface area contributed by atoms with E-state index in [-0.39, 0.29) is 64.4 Å². The zero-order valence-corrected chi connectivity index (χ0v) is 39.3. The molecule has 3 aromatic carbocycles. The predicted molar refractivity (Wildman–Crippen MR) is 239 cm³/mol. The number of benzene rings is 3. The third kappa shape index (κ3) is 15.7. The van der Waals surface area contributed by atoms with E-state index in [1.807, 2.05) is 20.8 Å². The van der Waals surface area contributed by atoms with Crippen molar-refractivity contribution < 1.29 is 70.5 Å². The molecule has 1 N–H and O–H groups in total. The van der Waals surface area contributed by atoms with Crippen molar-refractivity contribution >= 4 is 46.9 Å². The number of hydrogen-bond acceptors (Lipinski definition) is 14. The first-order chi connectivity index (χ1) is 31.7. The Morgan fingerprint density at radius 2 is 1.39 bits per heavy atom. The Labute approximate surface area is 394 Å². The monoisotopic (exact) mass is 966 g/mol. The van der Waals surface area contributed by atoms with E-state index in [4.69, 9.17) is 70.6 Å². The van der Waals surface area contributed by atoms with Crippen molar-refractivity contribution in [3.8, 4) is 11.8 Å². The fraction of sp³-hybridized carbons (Fsp3) is 0.532. The van der Waals surface area contributed by atoms with E-state index in [9.17, 15) is 19.6 Å². The number of rotatable bonds is 27. The van der Waals surface area contributed by atoms with Gasteiger partial charge in [-0.1, -0.05) is 62.2 Å². The van der Waals surface area contributed by atoms with Crippen LogP contribution in [-0.4, -0.2) is 118 Å². The molecule has 0 radical (unpaired) electrons. The highest BCUT2D eigenvalue weighted by atomic mass is 35.5. The second kappa shape index (κ2) is 27.2. The minimum Gasteiger partial charge on any atom is -0.495 e. The van der Waals surface area contributed by atoms with Gasteiger partial charge in [-0.3, -0.25) is 4.79 Å². The average Bonchev–Trinajstić information content (AvgIpc) is 3.59. The quantitative estimate of drug-likeness (QED) is 0.0436. The van der Waals surface area contributed by atoms with E-state index in [0.29, 0.717) is 65.9 Å². The highest BCUT2D eigenvalue weighted by Gasteiger charge is 2.61. The SMILES string of the molecule is COCCOCCOCCOCCOCCOCCOC(=O)OCOC(=O)c1ccc(NC(=O)[C@@H]2C[C@@H](CC(C)(C)C)[C@](C#N)(c3ccc(Cl)cc3F)[C@H]2c2cccc(Cl)c2F)c(OC)c1. The number of methoxy groups -OCH3 is 2. The van der Waals surface area contributed by atoms with Crippen LogP contribution in [0, 0.1) is 40.2 Å². The van der Waals surface area contributed by atoms with Crippen LogP contribution in [0.25, 0.3) is 0 Å². The van der Waals surface area contributed by atoms with Gasteiger partial charge in [0, 0.05) is 29.5 Å². The summed E-state index contributed by atoms with van der Waals surface area (Å²) < 4.78 is 84.2. The van der Waals surface area contributed by atoms with Gasteiger partial charge < -0.3 is 52.7 Å². The molecule has 66 heavy (non-hydrogen) atoms. The molecule has 0 spiro atoms. The summed E-state index contributed by atoms with van der Waals surface area (Å²) in [5.41, 5.74) is -2.03. The summed E-state index contributed by atoms with van der Waals surface area (Å²) in [4.78, 5) is 39.4. The summed E-state index contributed by atoms with van der Waals surface area (Å²) >= 11 is 12.4. The third-order valence-corrected chi connectivity index (χ3v) is 11.1. The van der Waals surface area contributed by atoms with Gasteiger partial charge in [-0.05, 0) is 66.1 Å². The van der Waals surface area contributed by atoms with Crippen LogP contribution in [0.2, 0.25) is 10.0 Å². The average molecular weight is 968 g/mol. The van der Waals surface area contributed by atoms with Crippen molar-refractivity contribution in [2.45, 2.75) is 44.9 Å². The first-order valence-corrected chi connectivity index (χ1v) is 22.1. The maximum Gasteiger partial charge on any atom is 0.511 e. The van der Waals surface area contributed by atoms with Crippen LogP contribution in [0.5, 0.6) is 5.75 Å². The van der Waals surface area contributed by atoms with Crippen LogP contribution in [0.15, 0.2) is 54.6 Å². The Morgan fingerprint density at radius 1 is 0.788 bits per heavy atom. The van der Waals surface area contributed by atoms with Crippen LogP contribution in [-0.2, 0) is 52.8 Å². The van der Waals surface area contributed by atoms with Crippen LogP contribution in [0.4, 0.5) is 19.3 Å². The third-order valence-electron chi connectivity index (χ3n) is 10.6. The van der Waals surface area contributed by atoms with Crippen molar-refractivity contribution in [2.75, 3.05) is 106 Å². The van der Waals surface area contributed by atoms with Gasteiger partial charge >= 0.3 is 12.1 Å². The Kier molecular flexibility index (Phi) is 22.3. The molecule has 4 rings (SSSR count). The van der Waals surface area contributed by atoms with Crippen molar-refractivity contribution in [3.05, 3.63) is 93.0 Å². The molecule has 0 bridgehead atoms. The Balaban J connectivity index is 1.28.